The summed E-state index contributed by atoms with van der Waals surface area (Å²) in [6.07, 6.45) is 2.66. The zero-order valence-electron chi connectivity index (χ0n) is 7.15. The third kappa shape index (κ3) is 1.64. The molecule has 0 saturated heterocycles. The van der Waals surface area contributed by atoms with Gasteiger partial charge < -0.3 is 4.98 Å². The molecule has 2 heterocycles. The Morgan fingerprint density at radius 2 is 2.21 bits per heavy atom. The van der Waals surface area contributed by atoms with Gasteiger partial charge in [0.05, 0.1) is 5.52 Å². The van der Waals surface area contributed by atoms with Crippen molar-refractivity contribution in [3.8, 4) is 0 Å². The molecule has 0 spiro atoms. The first-order valence-corrected chi connectivity index (χ1v) is 6.36. The van der Waals surface area contributed by atoms with Crippen LogP contribution in [0.2, 0.25) is 0 Å². The molecule has 2 aromatic heterocycles. The standard InChI is InChI=1S/C7H6BrN3O2S/c1-14(12,13)7-10-5-2-4(8)3-9-6(5)11-7/h2-3H,1H3,(H,9,10,11). The van der Waals surface area contributed by atoms with Crippen LogP contribution in [-0.4, -0.2) is 29.6 Å². The summed E-state index contributed by atoms with van der Waals surface area (Å²) >= 11 is 3.23. The molecule has 5 nitrogen and oxygen atoms in total. The molecule has 0 saturated carbocycles. The third-order valence-electron chi connectivity index (χ3n) is 1.63. The average molecular weight is 276 g/mol. The molecule has 2 rings (SSSR count). The number of sulfone groups is 1. The van der Waals surface area contributed by atoms with Gasteiger partial charge in [0.2, 0.25) is 15.0 Å². The Balaban J connectivity index is 2.75. The lowest BCUT2D eigenvalue weighted by Gasteiger charge is -1.87. The highest BCUT2D eigenvalue weighted by Gasteiger charge is 2.13. The quantitative estimate of drug-likeness (QED) is 0.847. The van der Waals surface area contributed by atoms with Crippen LogP contribution < -0.4 is 0 Å². The van der Waals surface area contributed by atoms with Gasteiger partial charge in [-0.1, -0.05) is 0 Å². The van der Waals surface area contributed by atoms with Gasteiger partial charge >= 0.3 is 0 Å². The van der Waals surface area contributed by atoms with Gasteiger partial charge in [-0.05, 0) is 22.0 Å². The van der Waals surface area contributed by atoms with Gasteiger partial charge in [0.1, 0.15) is 0 Å². The van der Waals surface area contributed by atoms with Crippen molar-refractivity contribution in [2.75, 3.05) is 6.26 Å². The van der Waals surface area contributed by atoms with Gasteiger partial charge in [0.25, 0.3) is 0 Å². The molecule has 74 valence electrons. The number of nitrogens with zero attached hydrogens (tertiary/aromatic N) is 2. The highest BCUT2D eigenvalue weighted by molar-refractivity contribution is 9.10. The molecular formula is C7H6BrN3O2S. The summed E-state index contributed by atoms with van der Waals surface area (Å²) < 4.78 is 23.1. The van der Waals surface area contributed by atoms with E-state index in [-0.39, 0.29) is 5.16 Å². The highest BCUT2D eigenvalue weighted by atomic mass is 79.9. The van der Waals surface area contributed by atoms with Crippen LogP contribution in [0.4, 0.5) is 0 Å². The molecule has 0 aromatic carbocycles. The Kier molecular flexibility index (Phi) is 2.07. The summed E-state index contributed by atoms with van der Waals surface area (Å²) in [5.41, 5.74) is 0.994. The Bertz CT molecular complexity index is 590. The maximum Gasteiger partial charge on any atom is 0.227 e. The Morgan fingerprint density at radius 3 is 2.86 bits per heavy atom. The smallest absolute Gasteiger partial charge is 0.227 e. The van der Waals surface area contributed by atoms with Crippen LogP contribution in [0.5, 0.6) is 0 Å². The number of rotatable bonds is 1. The SMILES string of the molecule is CS(=O)(=O)c1nc2ncc(Br)cc2[nH]1. The maximum atomic E-state index is 11.2. The fraction of sp³-hybridized carbons (Fsp3) is 0.143. The van der Waals surface area contributed by atoms with Crippen molar-refractivity contribution in [3.63, 3.8) is 0 Å². The lowest BCUT2D eigenvalue weighted by atomic mass is 10.4. The van der Waals surface area contributed by atoms with E-state index in [1.54, 1.807) is 12.3 Å². The van der Waals surface area contributed by atoms with E-state index in [4.69, 9.17) is 0 Å². The van der Waals surface area contributed by atoms with Crippen molar-refractivity contribution in [1.29, 1.82) is 0 Å². The summed E-state index contributed by atoms with van der Waals surface area (Å²) in [4.78, 5) is 10.5. The molecule has 0 fully saturated rings. The molecule has 0 amide bonds. The predicted octanol–water partition coefficient (Wildman–Crippen LogP) is 1.12. The molecule has 0 unspecified atom stereocenters. The number of fused-ring (bicyclic) bond motifs is 1. The number of imidazole rings is 1. The van der Waals surface area contributed by atoms with Gasteiger partial charge in [-0.25, -0.2) is 13.4 Å². The molecule has 2 aromatic rings. The number of halogens is 1. The summed E-state index contributed by atoms with van der Waals surface area (Å²) in [5, 5.41) is -0.0573. The van der Waals surface area contributed by atoms with Gasteiger partial charge in [-0.2, -0.15) is 4.98 Å². The second kappa shape index (κ2) is 3.03. The van der Waals surface area contributed by atoms with Crippen LogP contribution in [-0.2, 0) is 9.84 Å². The van der Waals surface area contributed by atoms with E-state index in [1.165, 1.54) is 0 Å². The summed E-state index contributed by atoms with van der Waals surface area (Å²) in [6, 6.07) is 1.73. The van der Waals surface area contributed by atoms with Crippen molar-refractivity contribution >= 4 is 36.9 Å². The first kappa shape index (κ1) is 9.60. The molecule has 0 atom stereocenters. The minimum atomic E-state index is -3.30. The monoisotopic (exact) mass is 275 g/mol. The van der Waals surface area contributed by atoms with Crippen LogP contribution >= 0.6 is 15.9 Å². The van der Waals surface area contributed by atoms with Gasteiger partial charge in [-0.15, -0.1) is 0 Å². The maximum absolute atomic E-state index is 11.2. The molecule has 0 aliphatic heterocycles. The largest absolute Gasteiger partial charge is 0.327 e. The molecule has 0 radical (unpaired) electrons. The molecule has 14 heavy (non-hydrogen) atoms. The average Bonchev–Trinajstić information content (AvgIpc) is 2.45. The predicted molar refractivity (Wildman–Crippen MR) is 54.7 cm³/mol. The number of H-pyrrole nitrogens is 1. The molecule has 0 bridgehead atoms. The summed E-state index contributed by atoms with van der Waals surface area (Å²) in [7, 11) is -3.30. The summed E-state index contributed by atoms with van der Waals surface area (Å²) in [5.74, 6) is 0. The third-order valence-corrected chi connectivity index (χ3v) is 2.96. The Morgan fingerprint density at radius 1 is 1.50 bits per heavy atom. The number of aromatic amines is 1. The van der Waals surface area contributed by atoms with Crippen LogP contribution in [0, 0.1) is 0 Å². The molecular weight excluding hydrogens is 270 g/mol. The second-order valence-electron chi connectivity index (χ2n) is 2.84. The van der Waals surface area contributed by atoms with Crippen LogP contribution in [0.15, 0.2) is 21.9 Å². The van der Waals surface area contributed by atoms with Crippen LogP contribution in [0.1, 0.15) is 0 Å². The fourth-order valence-corrected chi connectivity index (χ4v) is 1.91. The Hall–Kier alpha value is -0.950. The normalized spacial score (nSPS) is 12.1. The van der Waals surface area contributed by atoms with Crippen molar-refractivity contribution < 1.29 is 8.42 Å². The van der Waals surface area contributed by atoms with Crippen molar-refractivity contribution in [2.45, 2.75) is 5.16 Å². The number of nitrogens with one attached hydrogen (secondary N) is 1. The minimum Gasteiger partial charge on any atom is -0.327 e. The van der Waals surface area contributed by atoms with Crippen molar-refractivity contribution in [3.05, 3.63) is 16.7 Å². The second-order valence-corrected chi connectivity index (χ2v) is 5.69. The van der Waals surface area contributed by atoms with E-state index in [1.807, 2.05) is 0 Å². The van der Waals surface area contributed by atoms with E-state index in [9.17, 15) is 8.42 Å². The van der Waals surface area contributed by atoms with Crippen molar-refractivity contribution in [2.24, 2.45) is 0 Å². The van der Waals surface area contributed by atoms with E-state index in [2.05, 4.69) is 30.9 Å². The number of hydrogen-bond donors (Lipinski definition) is 1. The fourth-order valence-electron chi connectivity index (χ4n) is 1.03. The number of pyridine rings is 1. The van der Waals surface area contributed by atoms with Gasteiger partial charge in [0.15, 0.2) is 5.65 Å². The van der Waals surface area contributed by atoms with E-state index < -0.39 is 9.84 Å². The lowest BCUT2D eigenvalue weighted by Crippen LogP contribution is -1.98. The molecule has 0 aliphatic carbocycles. The lowest BCUT2D eigenvalue weighted by molar-refractivity contribution is 0.595. The van der Waals surface area contributed by atoms with E-state index >= 15 is 0 Å². The highest BCUT2D eigenvalue weighted by Crippen LogP contribution is 2.16. The van der Waals surface area contributed by atoms with Crippen LogP contribution in [0.25, 0.3) is 11.2 Å². The molecule has 7 heteroatoms. The minimum absolute atomic E-state index is 0.0573. The van der Waals surface area contributed by atoms with E-state index in [0.717, 1.165) is 10.7 Å². The van der Waals surface area contributed by atoms with Gasteiger partial charge in [-0.3, -0.25) is 0 Å². The number of hydrogen-bond acceptors (Lipinski definition) is 4. The van der Waals surface area contributed by atoms with Crippen molar-refractivity contribution in [1.82, 2.24) is 15.0 Å². The zero-order valence-corrected chi connectivity index (χ0v) is 9.55. The summed E-state index contributed by atoms with van der Waals surface area (Å²) in [6.45, 7) is 0. The number of aromatic nitrogens is 3. The first-order chi connectivity index (χ1) is 6.47. The molecule has 0 aliphatic rings. The first-order valence-electron chi connectivity index (χ1n) is 3.68. The topological polar surface area (TPSA) is 75.7 Å². The van der Waals surface area contributed by atoms with Crippen LogP contribution in [0.3, 0.4) is 0 Å². The zero-order chi connectivity index (χ0) is 10.3. The van der Waals surface area contributed by atoms with E-state index in [0.29, 0.717) is 11.2 Å². The van der Waals surface area contributed by atoms with Gasteiger partial charge in [0, 0.05) is 16.9 Å². The Labute approximate surface area is 88.6 Å². The molecule has 1 N–H and O–H groups in total.